The smallest absolute Gasteiger partial charge is 0.316 e. The summed E-state index contributed by atoms with van der Waals surface area (Å²) in [6.07, 6.45) is 4.52. The van der Waals surface area contributed by atoms with Crippen LogP contribution in [-0.2, 0) is 6.54 Å². The van der Waals surface area contributed by atoms with Crippen molar-refractivity contribution in [3.8, 4) is 0 Å². The first-order valence-corrected chi connectivity index (χ1v) is 9.22. The highest BCUT2D eigenvalue weighted by molar-refractivity contribution is 7.09. The lowest BCUT2D eigenvalue weighted by atomic mass is 10.1. The van der Waals surface area contributed by atoms with Crippen molar-refractivity contribution in [1.82, 2.24) is 4.90 Å². The summed E-state index contributed by atoms with van der Waals surface area (Å²) < 4.78 is 0. The van der Waals surface area contributed by atoms with E-state index in [1.54, 1.807) is 35.6 Å². The summed E-state index contributed by atoms with van der Waals surface area (Å²) >= 11 is 1.68. The van der Waals surface area contributed by atoms with Gasteiger partial charge in [-0.05, 0) is 55.5 Å². The average molecular weight is 342 g/mol. The Morgan fingerprint density at radius 3 is 2.46 bits per heavy atom. The number of carbonyl (C=O) groups is 2. The van der Waals surface area contributed by atoms with Crippen LogP contribution in [0, 0.1) is 0 Å². The Morgan fingerprint density at radius 2 is 1.88 bits per heavy atom. The minimum absolute atomic E-state index is 0.0261. The quantitative estimate of drug-likeness (QED) is 0.784. The topological polar surface area (TPSA) is 49.4 Å². The van der Waals surface area contributed by atoms with Crippen molar-refractivity contribution in [2.75, 3.05) is 5.32 Å². The number of anilines is 1. The molecule has 2 aromatic rings. The molecular formula is C19H22N2O2S. The van der Waals surface area contributed by atoms with Crippen molar-refractivity contribution in [2.45, 2.75) is 45.2 Å². The molecule has 1 aliphatic carbocycles. The molecule has 0 radical (unpaired) electrons. The summed E-state index contributed by atoms with van der Waals surface area (Å²) in [5.41, 5.74) is 1.37. The number of nitrogens with one attached hydrogen (secondary N) is 1. The number of ketones is 1. The minimum atomic E-state index is -0.0640. The molecule has 126 valence electrons. The molecule has 1 aromatic carbocycles. The zero-order chi connectivity index (χ0) is 16.9. The lowest BCUT2D eigenvalue weighted by Crippen LogP contribution is -2.40. The molecule has 0 spiro atoms. The van der Waals surface area contributed by atoms with E-state index in [0.717, 1.165) is 18.5 Å². The molecule has 1 aromatic heterocycles. The number of amides is 2. The first-order chi connectivity index (χ1) is 11.6. The van der Waals surface area contributed by atoms with Crippen LogP contribution in [-0.4, -0.2) is 22.8 Å². The van der Waals surface area contributed by atoms with Gasteiger partial charge in [0.15, 0.2) is 5.78 Å². The molecule has 3 rings (SSSR count). The number of carbonyl (C=O) groups excluding carboxylic acids is 2. The molecule has 24 heavy (non-hydrogen) atoms. The van der Waals surface area contributed by atoms with E-state index in [0.29, 0.717) is 18.2 Å². The van der Waals surface area contributed by atoms with Crippen molar-refractivity contribution >= 4 is 28.8 Å². The molecule has 1 N–H and O–H groups in total. The van der Waals surface area contributed by atoms with Gasteiger partial charge in [-0.2, -0.15) is 0 Å². The molecule has 5 heteroatoms. The van der Waals surface area contributed by atoms with Gasteiger partial charge in [-0.25, -0.2) is 4.79 Å². The zero-order valence-corrected chi connectivity index (χ0v) is 14.6. The van der Waals surface area contributed by atoms with Crippen LogP contribution in [0.15, 0.2) is 41.8 Å². The molecule has 0 saturated heterocycles. The zero-order valence-electron chi connectivity index (χ0n) is 13.8. The number of hydrogen-bond acceptors (Lipinski definition) is 3. The average Bonchev–Trinajstić information content (AvgIpc) is 3.26. The maximum absolute atomic E-state index is 12.8. The van der Waals surface area contributed by atoms with Crippen molar-refractivity contribution < 1.29 is 9.59 Å². The second-order valence-corrected chi connectivity index (χ2v) is 7.24. The fourth-order valence-electron chi connectivity index (χ4n) is 3.14. The number of hydrogen-bond donors (Lipinski definition) is 1. The van der Waals surface area contributed by atoms with E-state index in [9.17, 15) is 9.59 Å². The summed E-state index contributed by atoms with van der Waals surface area (Å²) in [6.45, 7) is 2.19. The number of rotatable bonds is 5. The van der Waals surface area contributed by atoms with Gasteiger partial charge in [-0.15, -0.1) is 11.3 Å². The molecule has 1 fully saturated rings. The highest BCUT2D eigenvalue weighted by Crippen LogP contribution is 2.26. The fraction of sp³-hybridized carbons (Fsp3) is 0.368. The predicted molar refractivity (Wildman–Crippen MR) is 97.6 cm³/mol. The first-order valence-electron chi connectivity index (χ1n) is 8.34. The van der Waals surface area contributed by atoms with Crippen LogP contribution in [0.4, 0.5) is 10.5 Å². The molecule has 0 unspecified atom stereocenters. The molecule has 1 aliphatic rings. The Labute approximate surface area is 146 Å². The van der Waals surface area contributed by atoms with Crippen LogP contribution >= 0.6 is 11.3 Å². The monoisotopic (exact) mass is 342 g/mol. The number of urea groups is 1. The van der Waals surface area contributed by atoms with Gasteiger partial charge in [0.2, 0.25) is 0 Å². The first kappa shape index (κ1) is 16.7. The summed E-state index contributed by atoms with van der Waals surface area (Å²) in [5.74, 6) is 0.0261. The summed E-state index contributed by atoms with van der Waals surface area (Å²) in [6, 6.07) is 11.4. The van der Waals surface area contributed by atoms with Gasteiger partial charge >= 0.3 is 6.03 Å². The number of benzene rings is 1. The van der Waals surface area contributed by atoms with Crippen molar-refractivity contribution in [1.29, 1.82) is 0 Å². The van der Waals surface area contributed by atoms with Crippen LogP contribution in [0.5, 0.6) is 0 Å². The van der Waals surface area contributed by atoms with E-state index in [-0.39, 0.29) is 11.8 Å². The number of thiophene rings is 1. The van der Waals surface area contributed by atoms with Gasteiger partial charge in [0, 0.05) is 22.2 Å². The van der Waals surface area contributed by atoms with Gasteiger partial charge < -0.3 is 10.2 Å². The number of Topliss-reactive ketones (excluding diaryl/α,β-unsaturated/α-hetero) is 1. The van der Waals surface area contributed by atoms with E-state index >= 15 is 0 Å². The molecule has 2 amide bonds. The predicted octanol–water partition coefficient (Wildman–Crippen LogP) is 4.93. The van der Waals surface area contributed by atoms with Gasteiger partial charge in [-0.3, -0.25) is 4.79 Å². The number of nitrogens with zero attached hydrogens (tertiary/aromatic N) is 1. The Kier molecular flexibility index (Phi) is 5.30. The van der Waals surface area contributed by atoms with E-state index in [2.05, 4.69) is 11.4 Å². The fourth-order valence-corrected chi connectivity index (χ4v) is 3.84. The molecule has 0 atom stereocenters. The molecule has 1 saturated carbocycles. The highest BCUT2D eigenvalue weighted by Gasteiger charge is 2.27. The van der Waals surface area contributed by atoms with Gasteiger partial charge in [0.25, 0.3) is 0 Å². The Balaban J connectivity index is 1.71. The molecule has 4 nitrogen and oxygen atoms in total. The third kappa shape index (κ3) is 4.03. The second-order valence-electron chi connectivity index (χ2n) is 6.21. The second kappa shape index (κ2) is 7.62. The molecular weight excluding hydrogens is 320 g/mol. The maximum atomic E-state index is 12.8. The largest absolute Gasteiger partial charge is 0.322 e. The molecule has 0 aliphatic heterocycles. The highest BCUT2D eigenvalue weighted by atomic mass is 32.1. The SMILES string of the molecule is CC(=O)c1ccc(NC(=O)N(Cc2cccs2)C2CCCC2)cc1. The van der Waals surface area contributed by atoms with Crippen LogP contribution in [0.2, 0.25) is 0 Å². The Hall–Kier alpha value is -2.14. The van der Waals surface area contributed by atoms with E-state index in [1.807, 2.05) is 16.3 Å². The van der Waals surface area contributed by atoms with Crippen LogP contribution < -0.4 is 5.32 Å². The van der Waals surface area contributed by atoms with E-state index < -0.39 is 0 Å². The van der Waals surface area contributed by atoms with Crippen LogP contribution in [0.3, 0.4) is 0 Å². The maximum Gasteiger partial charge on any atom is 0.322 e. The summed E-state index contributed by atoms with van der Waals surface area (Å²) in [5, 5.41) is 5.02. The van der Waals surface area contributed by atoms with Crippen LogP contribution in [0.25, 0.3) is 0 Å². The molecule has 1 heterocycles. The van der Waals surface area contributed by atoms with Crippen molar-refractivity contribution in [3.63, 3.8) is 0 Å². The van der Waals surface area contributed by atoms with Gasteiger partial charge in [0.1, 0.15) is 0 Å². The van der Waals surface area contributed by atoms with E-state index in [4.69, 9.17) is 0 Å². The normalized spacial score (nSPS) is 14.5. The van der Waals surface area contributed by atoms with E-state index in [1.165, 1.54) is 24.6 Å². The molecule has 0 bridgehead atoms. The third-order valence-electron chi connectivity index (χ3n) is 4.48. The Morgan fingerprint density at radius 1 is 1.17 bits per heavy atom. The Bertz CT molecular complexity index is 689. The standard InChI is InChI=1S/C19H22N2O2S/c1-14(22)15-8-10-16(11-9-15)20-19(23)21(17-5-2-3-6-17)13-18-7-4-12-24-18/h4,7-12,17H,2-3,5-6,13H2,1H3,(H,20,23). The van der Waals surface area contributed by atoms with Gasteiger partial charge in [0.05, 0.1) is 6.54 Å². The summed E-state index contributed by atoms with van der Waals surface area (Å²) in [7, 11) is 0. The summed E-state index contributed by atoms with van der Waals surface area (Å²) in [4.78, 5) is 27.3. The lowest BCUT2D eigenvalue weighted by molar-refractivity contribution is 0.101. The minimum Gasteiger partial charge on any atom is -0.316 e. The van der Waals surface area contributed by atoms with Crippen LogP contribution in [0.1, 0.15) is 47.8 Å². The lowest BCUT2D eigenvalue weighted by Gasteiger charge is -2.28. The third-order valence-corrected chi connectivity index (χ3v) is 5.34. The van der Waals surface area contributed by atoms with Crippen molar-refractivity contribution in [3.05, 3.63) is 52.2 Å². The van der Waals surface area contributed by atoms with Gasteiger partial charge in [-0.1, -0.05) is 18.9 Å². The van der Waals surface area contributed by atoms with Crippen molar-refractivity contribution in [2.24, 2.45) is 0 Å².